The van der Waals surface area contributed by atoms with Crippen LogP contribution in [0.25, 0.3) is 0 Å². The fraction of sp³-hybridized carbons (Fsp3) is 0.600. The second kappa shape index (κ2) is 12.4. The lowest BCUT2D eigenvalue weighted by Crippen LogP contribution is -2.16. The second-order valence-electron chi connectivity index (χ2n) is 8.37. The summed E-state index contributed by atoms with van der Waals surface area (Å²) in [5.41, 5.74) is 3.40. The first-order chi connectivity index (χ1) is 15.2. The Balaban J connectivity index is 1.38. The summed E-state index contributed by atoms with van der Waals surface area (Å²) in [6.07, 6.45) is 14.5. The Bertz CT molecular complexity index is 823. The number of aromatic nitrogens is 3. The van der Waals surface area contributed by atoms with Crippen molar-refractivity contribution in [3.63, 3.8) is 0 Å². The molecule has 0 spiro atoms. The summed E-state index contributed by atoms with van der Waals surface area (Å²) < 4.78 is 5.27. The largest absolute Gasteiger partial charge is 0.466 e. The van der Waals surface area contributed by atoms with Crippen molar-refractivity contribution < 1.29 is 9.53 Å². The van der Waals surface area contributed by atoms with E-state index >= 15 is 0 Å². The zero-order valence-corrected chi connectivity index (χ0v) is 19.0. The van der Waals surface area contributed by atoms with Crippen LogP contribution in [0.4, 0.5) is 5.82 Å². The quantitative estimate of drug-likeness (QED) is 0.397. The van der Waals surface area contributed by atoms with Gasteiger partial charge in [-0.25, -0.2) is 15.0 Å². The molecule has 1 aliphatic rings. The SMILES string of the molecule is CCOC(=O)C(CCCCCCCc1ccc2c(n1)NCCCC2)c1cnc(C)nc1. The molecule has 0 radical (unpaired) electrons. The molecule has 6 heteroatoms. The van der Waals surface area contributed by atoms with E-state index in [2.05, 4.69) is 27.4 Å². The Labute approximate surface area is 186 Å². The first-order valence-corrected chi connectivity index (χ1v) is 11.8. The molecule has 0 saturated carbocycles. The minimum atomic E-state index is -0.267. The van der Waals surface area contributed by atoms with Gasteiger partial charge < -0.3 is 10.1 Å². The molecular weight excluding hydrogens is 388 g/mol. The monoisotopic (exact) mass is 424 g/mol. The van der Waals surface area contributed by atoms with Crippen LogP contribution in [0.5, 0.6) is 0 Å². The summed E-state index contributed by atoms with van der Waals surface area (Å²) >= 11 is 0. The highest BCUT2D eigenvalue weighted by Gasteiger charge is 2.22. The predicted octanol–water partition coefficient (Wildman–Crippen LogP) is 5.16. The van der Waals surface area contributed by atoms with Crippen molar-refractivity contribution in [1.82, 2.24) is 15.0 Å². The first-order valence-electron chi connectivity index (χ1n) is 11.8. The van der Waals surface area contributed by atoms with Crippen molar-refractivity contribution in [3.05, 3.63) is 47.2 Å². The van der Waals surface area contributed by atoms with Crippen LogP contribution in [0.3, 0.4) is 0 Å². The maximum absolute atomic E-state index is 12.4. The van der Waals surface area contributed by atoms with Crippen molar-refractivity contribution in [2.45, 2.75) is 84.0 Å². The van der Waals surface area contributed by atoms with Crippen LogP contribution >= 0.6 is 0 Å². The number of nitrogens with zero attached hydrogens (tertiary/aromatic N) is 3. The third-order valence-electron chi connectivity index (χ3n) is 5.90. The molecule has 1 unspecified atom stereocenters. The summed E-state index contributed by atoms with van der Waals surface area (Å²) in [5.74, 6) is 1.38. The fourth-order valence-electron chi connectivity index (χ4n) is 4.10. The average Bonchev–Trinajstić information content (AvgIpc) is 3.02. The zero-order valence-electron chi connectivity index (χ0n) is 19.0. The molecule has 1 atom stereocenters. The number of carbonyl (C=O) groups is 1. The van der Waals surface area contributed by atoms with Crippen LogP contribution < -0.4 is 5.32 Å². The van der Waals surface area contributed by atoms with E-state index in [-0.39, 0.29) is 11.9 Å². The highest BCUT2D eigenvalue weighted by Crippen LogP contribution is 2.24. The molecule has 0 saturated heterocycles. The predicted molar refractivity (Wildman–Crippen MR) is 123 cm³/mol. The lowest BCUT2D eigenvalue weighted by molar-refractivity contribution is -0.145. The van der Waals surface area contributed by atoms with Crippen LogP contribution in [-0.2, 0) is 22.4 Å². The molecule has 0 fully saturated rings. The molecule has 0 amide bonds. The first kappa shape index (κ1) is 23.2. The molecule has 1 N–H and O–H groups in total. The lowest BCUT2D eigenvalue weighted by atomic mass is 9.95. The van der Waals surface area contributed by atoms with E-state index in [0.717, 1.165) is 56.5 Å². The summed E-state index contributed by atoms with van der Waals surface area (Å²) in [4.78, 5) is 25.7. The van der Waals surface area contributed by atoms with Crippen molar-refractivity contribution in [3.8, 4) is 0 Å². The smallest absolute Gasteiger partial charge is 0.313 e. The molecule has 0 aromatic carbocycles. The van der Waals surface area contributed by atoms with E-state index in [1.165, 1.54) is 36.9 Å². The number of hydrogen-bond acceptors (Lipinski definition) is 6. The normalized spacial score (nSPS) is 14.3. The second-order valence-corrected chi connectivity index (χ2v) is 8.37. The summed E-state index contributed by atoms with van der Waals surface area (Å²) in [5, 5.41) is 3.47. The Hall–Kier alpha value is -2.50. The number of fused-ring (bicyclic) bond motifs is 1. The standard InChI is InChI=1S/C25H36N4O2/c1-3-31-25(30)23(21-17-27-19(2)28-18-21)13-8-6-4-5-7-12-22-15-14-20-11-9-10-16-26-24(20)29-22/h14-15,17-18,23H,3-13,16H2,1-2H3,(H,26,29). The number of unbranched alkanes of at least 4 members (excludes halogenated alkanes) is 4. The number of ether oxygens (including phenoxy) is 1. The van der Waals surface area contributed by atoms with Gasteiger partial charge >= 0.3 is 5.97 Å². The topological polar surface area (TPSA) is 77.0 Å². The lowest BCUT2D eigenvalue weighted by Gasteiger charge is -2.15. The van der Waals surface area contributed by atoms with E-state index in [1.54, 1.807) is 12.4 Å². The van der Waals surface area contributed by atoms with E-state index in [9.17, 15) is 4.79 Å². The van der Waals surface area contributed by atoms with Gasteiger partial charge in [-0.05, 0) is 64.0 Å². The zero-order chi connectivity index (χ0) is 21.9. The van der Waals surface area contributed by atoms with Crippen LogP contribution in [0.1, 0.15) is 86.9 Å². The number of hydrogen-bond donors (Lipinski definition) is 1. The summed E-state index contributed by atoms with van der Waals surface area (Å²) in [7, 11) is 0. The fourth-order valence-corrected chi connectivity index (χ4v) is 4.10. The number of aryl methyl sites for hydroxylation is 3. The third-order valence-corrected chi connectivity index (χ3v) is 5.90. The van der Waals surface area contributed by atoms with Gasteiger partial charge in [0.15, 0.2) is 0 Å². The van der Waals surface area contributed by atoms with Gasteiger partial charge in [0.25, 0.3) is 0 Å². The number of pyridine rings is 1. The van der Waals surface area contributed by atoms with Gasteiger partial charge in [-0.3, -0.25) is 4.79 Å². The minimum Gasteiger partial charge on any atom is -0.466 e. The number of nitrogens with one attached hydrogen (secondary N) is 1. The van der Waals surface area contributed by atoms with Crippen molar-refractivity contribution in [2.24, 2.45) is 0 Å². The van der Waals surface area contributed by atoms with Gasteiger partial charge in [-0.2, -0.15) is 0 Å². The van der Waals surface area contributed by atoms with Gasteiger partial charge in [0, 0.05) is 30.2 Å². The molecule has 6 nitrogen and oxygen atoms in total. The Kier molecular flexibility index (Phi) is 9.25. The molecule has 31 heavy (non-hydrogen) atoms. The van der Waals surface area contributed by atoms with Gasteiger partial charge in [0.05, 0.1) is 12.5 Å². The average molecular weight is 425 g/mol. The molecule has 1 aliphatic heterocycles. The number of esters is 1. The molecule has 2 aromatic heterocycles. The molecular formula is C25H36N4O2. The van der Waals surface area contributed by atoms with Gasteiger partial charge in [0.2, 0.25) is 0 Å². The Morgan fingerprint density at radius 2 is 1.87 bits per heavy atom. The van der Waals surface area contributed by atoms with Crippen LogP contribution in [0.2, 0.25) is 0 Å². The molecule has 3 heterocycles. The van der Waals surface area contributed by atoms with Gasteiger partial charge in [-0.15, -0.1) is 0 Å². The molecule has 168 valence electrons. The Morgan fingerprint density at radius 3 is 2.68 bits per heavy atom. The number of carbonyl (C=O) groups excluding carboxylic acids is 1. The van der Waals surface area contributed by atoms with E-state index in [1.807, 2.05) is 13.8 Å². The number of rotatable bonds is 11. The summed E-state index contributed by atoms with van der Waals surface area (Å²) in [6.45, 7) is 5.12. The Morgan fingerprint density at radius 1 is 1.10 bits per heavy atom. The van der Waals surface area contributed by atoms with E-state index in [0.29, 0.717) is 12.4 Å². The van der Waals surface area contributed by atoms with E-state index in [4.69, 9.17) is 9.72 Å². The third kappa shape index (κ3) is 7.30. The van der Waals surface area contributed by atoms with Gasteiger partial charge in [-0.1, -0.05) is 31.7 Å². The van der Waals surface area contributed by atoms with Crippen molar-refractivity contribution >= 4 is 11.8 Å². The van der Waals surface area contributed by atoms with E-state index < -0.39 is 0 Å². The van der Waals surface area contributed by atoms with Crippen LogP contribution in [0.15, 0.2) is 24.5 Å². The van der Waals surface area contributed by atoms with Crippen molar-refractivity contribution in [2.75, 3.05) is 18.5 Å². The van der Waals surface area contributed by atoms with Crippen LogP contribution in [-0.4, -0.2) is 34.1 Å². The minimum absolute atomic E-state index is 0.169. The number of anilines is 1. The maximum atomic E-state index is 12.4. The maximum Gasteiger partial charge on any atom is 0.313 e. The van der Waals surface area contributed by atoms with Crippen molar-refractivity contribution in [1.29, 1.82) is 0 Å². The molecule has 0 aliphatic carbocycles. The summed E-state index contributed by atoms with van der Waals surface area (Å²) in [6, 6.07) is 4.44. The molecule has 0 bridgehead atoms. The molecule has 3 rings (SSSR count). The highest BCUT2D eigenvalue weighted by molar-refractivity contribution is 5.77. The van der Waals surface area contributed by atoms with Gasteiger partial charge in [0.1, 0.15) is 11.6 Å². The highest BCUT2D eigenvalue weighted by atomic mass is 16.5. The van der Waals surface area contributed by atoms with Crippen LogP contribution in [0, 0.1) is 6.92 Å². The molecule has 2 aromatic rings.